The van der Waals surface area contributed by atoms with E-state index in [4.69, 9.17) is 9.42 Å². The number of phosphoric ester groups is 1. The first-order chi connectivity index (χ1) is 5.17. The van der Waals surface area contributed by atoms with Crippen molar-refractivity contribution in [3.63, 3.8) is 0 Å². The Morgan fingerprint density at radius 3 is 3.09 bits per heavy atom. The summed E-state index contributed by atoms with van der Waals surface area (Å²) in [7, 11) is -3.66. The zero-order valence-corrected chi connectivity index (χ0v) is 7.00. The van der Waals surface area contributed by atoms with Crippen LogP contribution in [0.1, 0.15) is 19.3 Å². The molecule has 1 aliphatic carbocycles. The summed E-state index contributed by atoms with van der Waals surface area (Å²) in [6, 6.07) is 0. The molecule has 0 aromatic rings. The van der Waals surface area contributed by atoms with Crippen molar-refractivity contribution in [3.8, 4) is 0 Å². The second-order valence-corrected chi connectivity index (χ2v) is 4.51. The minimum atomic E-state index is -3.66. The van der Waals surface area contributed by atoms with Crippen molar-refractivity contribution in [2.24, 2.45) is 5.92 Å². The van der Waals surface area contributed by atoms with Gasteiger partial charge in [-0.1, -0.05) is 6.42 Å². The number of hydrogen-bond acceptors (Lipinski definition) is 3. The Morgan fingerprint density at radius 1 is 1.45 bits per heavy atom. The van der Waals surface area contributed by atoms with Gasteiger partial charge in [0.05, 0.1) is 12.7 Å². The van der Waals surface area contributed by atoms with Crippen molar-refractivity contribution in [3.05, 3.63) is 0 Å². The molecule has 0 radical (unpaired) electrons. The molecular formula is C6H11O4P. The molecule has 0 spiro atoms. The van der Waals surface area contributed by atoms with E-state index in [9.17, 15) is 4.57 Å². The molecule has 0 aromatic carbocycles. The van der Waals surface area contributed by atoms with Gasteiger partial charge in [0, 0.05) is 5.92 Å². The predicted molar refractivity (Wildman–Crippen MR) is 38.0 cm³/mol. The zero-order chi connectivity index (χ0) is 7.90. The first-order valence-corrected chi connectivity index (χ1v) is 5.33. The van der Waals surface area contributed by atoms with E-state index in [2.05, 4.69) is 4.52 Å². The van der Waals surface area contributed by atoms with Crippen molar-refractivity contribution < 1.29 is 18.5 Å². The topological polar surface area (TPSA) is 55.8 Å². The van der Waals surface area contributed by atoms with Crippen LogP contribution in [0, 0.1) is 5.92 Å². The highest BCUT2D eigenvalue weighted by atomic mass is 31.2. The summed E-state index contributed by atoms with van der Waals surface area (Å²) in [5.41, 5.74) is 0. The highest BCUT2D eigenvalue weighted by molar-refractivity contribution is 7.47. The Bertz CT molecular complexity index is 205. The highest BCUT2D eigenvalue weighted by Gasteiger charge is 2.40. The van der Waals surface area contributed by atoms with E-state index >= 15 is 0 Å². The Balaban J connectivity index is 2.08. The summed E-state index contributed by atoms with van der Waals surface area (Å²) in [6.45, 7) is 0.387. The lowest BCUT2D eigenvalue weighted by Crippen LogP contribution is -2.26. The SMILES string of the molecule is O=P1(O)OCC2CCCC2O1. The first-order valence-electron chi connectivity index (χ1n) is 3.83. The highest BCUT2D eigenvalue weighted by Crippen LogP contribution is 2.52. The third-order valence-corrected chi connectivity index (χ3v) is 3.32. The largest absolute Gasteiger partial charge is 0.472 e. The van der Waals surface area contributed by atoms with Gasteiger partial charge in [-0.3, -0.25) is 9.05 Å². The summed E-state index contributed by atoms with van der Waals surface area (Å²) in [4.78, 5) is 8.93. The normalized spacial score (nSPS) is 50.6. The Morgan fingerprint density at radius 2 is 2.27 bits per heavy atom. The fourth-order valence-corrected chi connectivity index (χ4v) is 2.78. The average Bonchev–Trinajstić information content (AvgIpc) is 2.31. The monoisotopic (exact) mass is 178 g/mol. The average molecular weight is 178 g/mol. The van der Waals surface area contributed by atoms with Gasteiger partial charge in [-0.25, -0.2) is 4.57 Å². The van der Waals surface area contributed by atoms with Crippen molar-refractivity contribution in [2.45, 2.75) is 25.4 Å². The molecule has 2 aliphatic rings. The van der Waals surface area contributed by atoms with Crippen LogP contribution in [0.2, 0.25) is 0 Å². The van der Waals surface area contributed by atoms with E-state index in [0.29, 0.717) is 12.5 Å². The van der Waals surface area contributed by atoms with Crippen LogP contribution in [-0.4, -0.2) is 17.6 Å². The molecule has 5 heteroatoms. The summed E-state index contributed by atoms with van der Waals surface area (Å²) in [5, 5.41) is 0. The fourth-order valence-electron chi connectivity index (χ4n) is 1.72. The summed E-state index contributed by atoms with van der Waals surface area (Å²) in [6.07, 6.45) is 3.02. The molecule has 3 atom stereocenters. The van der Waals surface area contributed by atoms with Crippen LogP contribution < -0.4 is 0 Å². The molecule has 1 saturated heterocycles. The fraction of sp³-hybridized carbons (Fsp3) is 1.00. The molecule has 0 aromatic heterocycles. The second-order valence-electron chi connectivity index (χ2n) is 3.10. The standard InChI is InChI=1S/C6H11O4P/c7-11(8)9-4-5-2-1-3-6(5)10-11/h5-6H,1-4H2,(H,7,8). The van der Waals surface area contributed by atoms with Gasteiger partial charge in [0.1, 0.15) is 0 Å². The molecule has 2 fully saturated rings. The van der Waals surface area contributed by atoms with Crippen LogP contribution in [-0.2, 0) is 13.6 Å². The molecule has 3 unspecified atom stereocenters. The Kier molecular flexibility index (Phi) is 1.80. The van der Waals surface area contributed by atoms with E-state index in [0.717, 1.165) is 19.3 Å². The number of hydrogen-bond donors (Lipinski definition) is 1. The number of fused-ring (bicyclic) bond motifs is 1. The van der Waals surface area contributed by atoms with E-state index in [1.165, 1.54) is 0 Å². The zero-order valence-electron chi connectivity index (χ0n) is 6.10. The summed E-state index contributed by atoms with van der Waals surface area (Å²) >= 11 is 0. The van der Waals surface area contributed by atoms with Crippen molar-refractivity contribution in [1.82, 2.24) is 0 Å². The third kappa shape index (κ3) is 1.49. The van der Waals surface area contributed by atoms with Crippen LogP contribution >= 0.6 is 7.82 Å². The Labute approximate surface area is 65.1 Å². The summed E-state index contributed by atoms with van der Waals surface area (Å²) < 4.78 is 20.4. The van der Waals surface area contributed by atoms with E-state index in [1.807, 2.05) is 0 Å². The van der Waals surface area contributed by atoms with Crippen LogP contribution in [0.4, 0.5) is 0 Å². The van der Waals surface area contributed by atoms with E-state index in [1.54, 1.807) is 0 Å². The smallest absolute Gasteiger partial charge is 0.302 e. The van der Waals surface area contributed by atoms with Crippen LogP contribution in [0.15, 0.2) is 0 Å². The maximum absolute atomic E-state index is 10.9. The van der Waals surface area contributed by atoms with Gasteiger partial charge in [-0.2, -0.15) is 0 Å². The van der Waals surface area contributed by atoms with Crippen molar-refractivity contribution in [2.75, 3.05) is 6.61 Å². The molecule has 0 bridgehead atoms. The molecule has 1 aliphatic heterocycles. The molecule has 0 amide bonds. The molecule has 1 N–H and O–H groups in total. The Hall–Kier alpha value is 0.110. The summed E-state index contributed by atoms with van der Waals surface area (Å²) in [5.74, 6) is 0.351. The molecule has 11 heavy (non-hydrogen) atoms. The van der Waals surface area contributed by atoms with Gasteiger partial charge in [0.25, 0.3) is 0 Å². The minimum absolute atomic E-state index is 0.0282. The minimum Gasteiger partial charge on any atom is -0.302 e. The van der Waals surface area contributed by atoms with Gasteiger partial charge in [-0.15, -0.1) is 0 Å². The molecule has 2 rings (SSSR count). The van der Waals surface area contributed by atoms with Crippen molar-refractivity contribution >= 4 is 7.82 Å². The molecule has 1 heterocycles. The number of phosphoric acid groups is 1. The van der Waals surface area contributed by atoms with Gasteiger partial charge in [0.15, 0.2) is 0 Å². The molecular weight excluding hydrogens is 167 g/mol. The molecule has 1 saturated carbocycles. The third-order valence-electron chi connectivity index (χ3n) is 2.31. The maximum atomic E-state index is 10.9. The quantitative estimate of drug-likeness (QED) is 0.568. The predicted octanol–water partition coefficient (Wildman–Crippen LogP) is 1.30. The van der Waals surface area contributed by atoms with Crippen molar-refractivity contribution in [1.29, 1.82) is 0 Å². The van der Waals surface area contributed by atoms with E-state index < -0.39 is 7.82 Å². The molecule has 4 nitrogen and oxygen atoms in total. The van der Waals surface area contributed by atoms with Gasteiger partial charge < -0.3 is 4.89 Å². The van der Waals surface area contributed by atoms with E-state index in [-0.39, 0.29) is 6.10 Å². The van der Waals surface area contributed by atoms with Gasteiger partial charge in [-0.05, 0) is 12.8 Å². The van der Waals surface area contributed by atoms with Crippen LogP contribution in [0.3, 0.4) is 0 Å². The lowest BCUT2D eigenvalue weighted by atomic mass is 10.1. The second kappa shape index (κ2) is 2.56. The first kappa shape index (κ1) is 7.74. The molecule has 64 valence electrons. The van der Waals surface area contributed by atoms with Gasteiger partial charge >= 0.3 is 7.82 Å². The van der Waals surface area contributed by atoms with Crippen LogP contribution in [0.25, 0.3) is 0 Å². The number of rotatable bonds is 0. The van der Waals surface area contributed by atoms with Crippen LogP contribution in [0.5, 0.6) is 0 Å². The lowest BCUT2D eigenvalue weighted by Gasteiger charge is -2.28. The lowest BCUT2D eigenvalue weighted by molar-refractivity contribution is 0.0164. The maximum Gasteiger partial charge on any atom is 0.472 e. The van der Waals surface area contributed by atoms with Gasteiger partial charge in [0.2, 0.25) is 0 Å².